The fourth-order valence-electron chi connectivity index (χ4n) is 1.80. The Morgan fingerprint density at radius 1 is 1.47 bits per heavy atom. The number of imidazole rings is 1. The molecule has 1 N–H and O–H groups in total. The number of fused-ring (bicyclic) bond motifs is 1. The molecule has 0 saturated carbocycles. The molecule has 1 heterocycles. The van der Waals surface area contributed by atoms with Crippen LogP contribution in [0.1, 0.15) is 10.4 Å². The SMILES string of the molecule is O=C(O)c1cccc2ncn(CCOCC(F)F)c12. The number of para-hydroxylation sites is 1. The molecule has 102 valence electrons. The molecule has 19 heavy (non-hydrogen) atoms. The summed E-state index contributed by atoms with van der Waals surface area (Å²) in [6.45, 7) is -0.282. The summed E-state index contributed by atoms with van der Waals surface area (Å²) in [5.41, 5.74) is 1.15. The summed E-state index contributed by atoms with van der Waals surface area (Å²) in [6, 6.07) is 4.78. The van der Waals surface area contributed by atoms with Gasteiger partial charge in [0.2, 0.25) is 0 Å². The molecule has 0 bridgehead atoms. The normalized spacial score (nSPS) is 11.3. The van der Waals surface area contributed by atoms with E-state index in [4.69, 9.17) is 9.84 Å². The summed E-state index contributed by atoms with van der Waals surface area (Å²) in [7, 11) is 0. The number of rotatable bonds is 6. The van der Waals surface area contributed by atoms with Crippen molar-refractivity contribution in [1.82, 2.24) is 9.55 Å². The van der Waals surface area contributed by atoms with E-state index in [0.717, 1.165) is 0 Å². The molecule has 1 aromatic heterocycles. The number of alkyl halides is 2. The predicted octanol–water partition coefficient (Wildman–Crippen LogP) is 2.02. The molecule has 0 spiro atoms. The van der Waals surface area contributed by atoms with Crippen molar-refractivity contribution in [2.45, 2.75) is 13.0 Å². The molecular formula is C12H12F2N2O3. The topological polar surface area (TPSA) is 64.3 Å². The van der Waals surface area contributed by atoms with Crippen LogP contribution >= 0.6 is 0 Å². The zero-order valence-corrected chi connectivity index (χ0v) is 9.92. The van der Waals surface area contributed by atoms with Crippen molar-refractivity contribution in [1.29, 1.82) is 0 Å². The molecule has 0 saturated heterocycles. The maximum absolute atomic E-state index is 11.9. The van der Waals surface area contributed by atoms with Crippen LogP contribution in [0.4, 0.5) is 8.78 Å². The molecule has 7 heteroatoms. The van der Waals surface area contributed by atoms with Crippen molar-refractivity contribution in [3.63, 3.8) is 0 Å². The summed E-state index contributed by atoms with van der Waals surface area (Å²) in [5.74, 6) is -1.05. The Bertz CT molecular complexity index is 583. The van der Waals surface area contributed by atoms with Crippen LogP contribution in [0.2, 0.25) is 0 Å². The summed E-state index contributed by atoms with van der Waals surface area (Å²) < 4.78 is 30.2. The minimum Gasteiger partial charge on any atom is -0.478 e. The first-order valence-electron chi connectivity index (χ1n) is 5.62. The van der Waals surface area contributed by atoms with Crippen LogP contribution in [0.15, 0.2) is 24.5 Å². The third kappa shape index (κ3) is 3.05. The van der Waals surface area contributed by atoms with Crippen LogP contribution in [-0.4, -0.2) is 40.3 Å². The molecule has 2 aromatic rings. The fraction of sp³-hybridized carbons (Fsp3) is 0.333. The maximum Gasteiger partial charge on any atom is 0.337 e. The van der Waals surface area contributed by atoms with Gasteiger partial charge < -0.3 is 14.4 Å². The van der Waals surface area contributed by atoms with E-state index in [1.807, 2.05) is 0 Å². The highest BCUT2D eigenvalue weighted by atomic mass is 19.3. The van der Waals surface area contributed by atoms with Crippen LogP contribution in [0, 0.1) is 0 Å². The number of carboxylic acid groups (broad SMARTS) is 1. The summed E-state index contributed by atoms with van der Waals surface area (Å²) in [5, 5.41) is 9.10. The largest absolute Gasteiger partial charge is 0.478 e. The van der Waals surface area contributed by atoms with Crippen molar-refractivity contribution in [2.24, 2.45) is 0 Å². The minimum absolute atomic E-state index is 0.0732. The number of aromatic nitrogens is 2. The van der Waals surface area contributed by atoms with Gasteiger partial charge in [-0.15, -0.1) is 0 Å². The first-order valence-corrected chi connectivity index (χ1v) is 5.62. The average Bonchev–Trinajstić information content (AvgIpc) is 2.77. The zero-order chi connectivity index (χ0) is 13.8. The number of hydrogen-bond acceptors (Lipinski definition) is 3. The third-order valence-corrected chi connectivity index (χ3v) is 2.59. The monoisotopic (exact) mass is 270 g/mol. The van der Waals surface area contributed by atoms with Gasteiger partial charge in [0, 0.05) is 6.54 Å². The summed E-state index contributed by atoms with van der Waals surface area (Å²) >= 11 is 0. The Balaban J connectivity index is 2.17. The van der Waals surface area contributed by atoms with Crippen LogP contribution in [0.25, 0.3) is 11.0 Å². The second-order valence-electron chi connectivity index (χ2n) is 3.88. The van der Waals surface area contributed by atoms with Gasteiger partial charge in [-0.3, -0.25) is 0 Å². The Labute approximate surface area is 107 Å². The standard InChI is InChI=1S/C12H12F2N2O3/c13-10(14)6-19-5-4-16-7-15-9-3-1-2-8(11(9)16)12(17)18/h1-3,7,10H,4-6H2,(H,17,18). The van der Waals surface area contributed by atoms with Gasteiger partial charge in [-0.1, -0.05) is 6.07 Å². The molecule has 0 aliphatic carbocycles. The number of hydrogen-bond donors (Lipinski definition) is 1. The van der Waals surface area contributed by atoms with Gasteiger partial charge in [-0.25, -0.2) is 18.6 Å². The van der Waals surface area contributed by atoms with Gasteiger partial charge in [0.25, 0.3) is 6.43 Å². The lowest BCUT2D eigenvalue weighted by atomic mass is 10.2. The second-order valence-corrected chi connectivity index (χ2v) is 3.88. The smallest absolute Gasteiger partial charge is 0.337 e. The lowest BCUT2D eigenvalue weighted by Crippen LogP contribution is -2.11. The van der Waals surface area contributed by atoms with E-state index in [9.17, 15) is 13.6 Å². The van der Waals surface area contributed by atoms with E-state index in [2.05, 4.69) is 4.98 Å². The number of ether oxygens (including phenoxy) is 1. The molecule has 0 aliphatic rings. The van der Waals surface area contributed by atoms with Crippen molar-refractivity contribution in [3.05, 3.63) is 30.1 Å². The van der Waals surface area contributed by atoms with Gasteiger partial charge in [0.15, 0.2) is 0 Å². The summed E-state index contributed by atoms with van der Waals surface area (Å²) in [4.78, 5) is 15.2. The molecule has 2 rings (SSSR count). The number of nitrogens with zero attached hydrogens (tertiary/aromatic N) is 2. The van der Waals surface area contributed by atoms with Crippen LogP contribution in [0.5, 0.6) is 0 Å². The number of aromatic carboxylic acids is 1. The van der Waals surface area contributed by atoms with Gasteiger partial charge in [-0.05, 0) is 12.1 Å². The van der Waals surface area contributed by atoms with E-state index in [1.54, 1.807) is 16.7 Å². The fourth-order valence-corrected chi connectivity index (χ4v) is 1.80. The molecule has 0 amide bonds. The lowest BCUT2D eigenvalue weighted by molar-refractivity contribution is 0.0150. The van der Waals surface area contributed by atoms with E-state index in [-0.39, 0.29) is 18.7 Å². The van der Waals surface area contributed by atoms with Crippen LogP contribution in [-0.2, 0) is 11.3 Å². The first-order chi connectivity index (χ1) is 9.09. The number of halogens is 2. The Morgan fingerprint density at radius 2 is 2.26 bits per heavy atom. The average molecular weight is 270 g/mol. The van der Waals surface area contributed by atoms with E-state index >= 15 is 0 Å². The molecule has 0 radical (unpaired) electrons. The van der Waals surface area contributed by atoms with E-state index in [1.165, 1.54) is 12.4 Å². The van der Waals surface area contributed by atoms with E-state index < -0.39 is 19.0 Å². The first kappa shape index (κ1) is 13.4. The zero-order valence-electron chi connectivity index (χ0n) is 9.92. The number of benzene rings is 1. The van der Waals surface area contributed by atoms with Crippen LogP contribution in [0.3, 0.4) is 0 Å². The molecular weight excluding hydrogens is 258 g/mol. The number of carbonyl (C=O) groups is 1. The van der Waals surface area contributed by atoms with Crippen molar-refractivity contribution < 1.29 is 23.4 Å². The lowest BCUT2D eigenvalue weighted by Gasteiger charge is -2.07. The summed E-state index contributed by atoms with van der Waals surface area (Å²) in [6.07, 6.45) is -1.03. The number of carboxylic acids is 1. The van der Waals surface area contributed by atoms with Gasteiger partial charge in [0.05, 0.1) is 29.5 Å². The molecule has 1 aromatic carbocycles. The minimum atomic E-state index is -2.51. The van der Waals surface area contributed by atoms with Gasteiger partial charge in [0.1, 0.15) is 6.61 Å². The third-order valence-electron chi connectivity index (χ3n) is 2.59. The molecule has 0 aliphatic heterocycles. The molecule has 0 atom stereocenters. The molecule has 0 fully saturated rings. The second kappa shape index (κ2) is 5.75. The van der Waals surface area contributed by atoms with E-state index in [0.29, 0.717) is 11.0 Å². The van der Waals surface area contributed by atoms with Crippen molar-refractivity contribution in [2.75, 3.05) is 13.2 Å². The van der Waals surface area contributed by atoms with Crippen molar-refractivity contribution in [3.8, 4) is 0 Å². The maximum atomic E-state index is 11.9. The van der Waals surface area contributed by atoms with Gasteiger partial charge >= 0.3 is 5.97 Å². The molecule has 0 unspecified atom stereocenters. The Morgan fingerprint density at radius 3 is 2.95 bits per heavy atom. The predicted molar refractivity (Wildman–Crippen MR) is 63.5 cm³/mol. The Hall–Kier alpha value is -2.02. The van der Waals surface area contributed by atoms with Crippen molar-refractivity contribution >= 4 is 17.0 Å². The molecule has 5 nitrogen and oxygen atoms in total. The van der Waals surface area contributed by atoms with Gasteiger partial charge in [-0.2, -0.15) is 0 Å². The Kier molecular flexibility index (Phi) is 4.06. The highest BCUT2D eigenvalue weighted by Gasteiger charge is 2.13. The quantitative estimate of drug-likeness (QED) is 0.815. The highest BCUT2D eigenvalue weighted by molar-refractivity contribution is 6.01. The highest BCUT2D eigenvalue weighted by Crippen LogP contribution is 2.18. The van der Waals surface area contributed by atoms with Crippen LogP contribution < -0.4 is 0 Å².